The van der Waals surface area contributed by atoms with Gasteiger partial charge in [0.1, 0.15) is 0 Å². The molecule has 0 aliphatic carbocycles. The predicted octanol–water partition coefficient (Wildman–Crippen LogP) is 4.40. The lowest BCUT2D eigenvalue weighted by Crippen LogP contribution is -2.31. The molecule has 0 radical (unpaired) electrons. The lowest BCUT2D eigenvalue weighted by Gasteiger charge is -2.14. The van der Waals surface area contributed by atoms with Crippen molar-refractivity contribution in [2.24, 2.45) is 0 Å². The number of amides is 2. The average Bonchev–Trinajstić information content (AvgIpc) is 2.53. The molecule has 0 aliphatic heterocycles. The normalized spacial score (nSPS) is 10.5. The summed E-state index contributed by atoms with van der Waals surface area (Å²) in [6.07, 6.45) is 0. The van der Waals surface area contributed by atoms with E-state index >= 15 is 0 Å². The van der Waals surface area contributed by atoms with Gasteiger partial charge in [0.25, 0.3) is 11.8 Å². The summed E-state index contributed by atoms with van der Waals surface area (Å²) >= 11 is 9.09. The standard InChI is InChI=1S/C18H17BrClFN2O3/c1-10(2)22-18(25)13-5-4-12(20)8-15(13)23-17(24)9-26-16-6-3-11(19)7-14(16)21/h3-8,10H,9H2,1-2H3,(H,22,25)(H,23,24). The highest BCUT2D eigenvalue weighted by molar-refractivity contribution is 9.10. The molecule has 5 nitrogen and oxygen atoms in total. The summed E-state index contributed by atoms with van der Waals surface area (Å²) in [5, 5.41) is 5.67. The third-order valence-corrected chi connectivity index (χ3v) is 3.90. The molecule has 2 aromatic rings. The van der Waals surface area contributed by atoms with Gasteiger partial charge in [-0.3, -0.25) is 9.59 Å². The van der Waals surface area contributed by atoms with E-state index in [1.807, 2.05) is 13.8 Å². The molecule has 138 valence electrons. The summed E-state index contributed by atoms with van der Waals surface area (Å²) in [6, 6.07) is 8.72. The molecule has 2 aromatic carbocycles. The zero-order chi connectivity index (χ0) is 19.3. The van der Waals surface area contributed by atoms with E-state index in [0.717, 1.165) is 0 Å². The molecule has 2 amide bonds. The number of carbonyl (C=O) groups is 2. The van der Waals surface area contributed by atoms with Crippen LogP contribution in [0.25, 0.3) is 0 Å². The predicted molar refractivity (Wildman–Crippen MR) is 102 cm³/mol. The zero-order valence-electron chi connectivity index (χ0n) is 14.1. The van der Waals surface area contributed by atoms with Gasteiger partial charge in [-0.05, 0) is 50.2 Å². The minimum atomic E-state index is -0.591. The van der Waals surface area contributed by atoms with Crippen molar-refractivity contribution in [3.05, 3.63) is 57.3 Å². The topological polar surface area (TPSA) is 67.4 Å². The van der Waals surface area contributed by atoms with E-state index in [1.165, 1.54) is 24.3 Å². The van der Waals surface area contributed by atoms with Crippen LogP contribution >= 0.6 is 27.5 Å². The first-order valence-electron chi connectivity index (χ1n) is 7.74. The number of rotatable bonds is 6. The molecular weight excluding hydrogens is 427 g/mol. The quantitative estimate of drug-likeness (QED) is 0.695. The van der Waals surface area contributed by atoms with Crippen LogP contribution in [0.2, 0.25) is 5.02 Å². The number of benzene rings is 2. The van der Waals surface area contributed by atoms with Crippen LogP contribution in [0.1, 0.15) is 24.2 Å². The molecule has 0 heterocycles. The highest BCUT2D eigenvalue weighted by Crippen LogP contribution is 2.23. The Labute approximate surface area is 164 Å². The molecule has 2 N–H and O–H groups in total. The number of carbonyl (C=O) groups excluding carboxylic acids is 2. The maximum absolute atomic E-state index is 13.7. The van der Waals surface area contributed by atoms with E-state index in [4.69, 9.17) is 16.3 Å². The van der Waals surface area contributed by atoms with Crippen LogP contribution in [0.15, 0.2) is 40.9 Å². The Kier molecular flexibility index (Phi) is 6.99. The third kappa shape index (κ3) is 5.71. The van der Waals surface area contributed by atoms with Crippen LogP contribution in [0.3, 0.4) is 0 Å². The molecule has 0 atom stereocenters. The largest absolute Gasteiger partial charge is 0.481 e. The Morgan fingerprint density at radius 3 is 2.62 bits per heavy atom. The van der Waals surface area contributed by atoms with Crippen molar-refractivity contribution in [2.75, 3.05) is 11.9 Å². The van der Waals surface area contributed by atoms with E-state index < -0.39 is 18.3 Å². The fourth-order valence-electron chi connectivity index (χ4n) is 2.08. The smallest absolute Gasteiger partial charge is 0.262 e. The second kappa shape index (κ2) is 9.00. The van der Waals surface area contributed by atoms with Gasteiger partial charge in [0.15, 0.2) is 18.2 Å². The molecule has 2 rings (SSSR count). The lowest BCUT2D eigenvalue weighted by atomic mass is 10.1. The second-order valence-corrected chi connectivity index (χ2v) is 7.08. The third-order valence-electron chi connectivity index (χ3n) is 3.17. The summed E-state index contributed by atoms with van der Waals surface area (Å²) in [5.74, 6) is -1.53. The van der Waals surface area contributed by atoms with E-state index in [9.17, 15) is 14.0 Å². The summed E-state index contributed by atoms with van der Waals surface area (Å²) in [7, 11) is 0. The van der Waals surface area contributed by atoms with Crippen LogP contribution in [-0.2, 0) is 4.79 Å². The van der Waals surface area contributed by atoms with Crippen molar-refractivity contribution < 1.29 is 18.7 Å². The monoisotopic (exact) mass is 442 g/mol. The van der Waals surface area contributed by atoms with Crippen LogP contribution in [0.4, 0.5) is 10.1 Å². The first-order chi connectivity index (χ1) is 12.3. The average molecular weight is 444 g/mol. The summed E-state index contributed by atoms with van der Waals surface area (Å²) in [5.41, 5.74) is 0.520. The Balaban J connectivity index is 2.08. The number of halogens is 3. The van der Waals surface area contributed by atoms with Crippen molar-refractivity contribution in [3.8, 4) is 5.75 Å². The zero-order valence-corrected chi connectivity index (χ0v) is 16.4. The molecule has 26 heavy (non-hydrogen) atoms. The van der Waals surface area contributed by atoms with E-state index in [1.54, 1.807) is 12.1 Å². The Morgan fingerprint density at radius 1 is 1.23 bits per heavy atom. The lowest BCUT2D eigenvalue weighted by molar-refractivity contribution is -0.118. The molecule has 0 aliphatic rings. The fraction of sp³-hybridized carbons (Fsp3) is 0.222. The van der Waals surface area contributed by atoms with Gasteiger partial charge in [0.2, 0.25) is 0 Å². The van der Waals surface area contributed by atoms with Gasteiger partial charge >= 0.3 is 0 Å². The fourth-order valence-corrected chi connectivity index (χ4v) is 2.58. The van der Waals surface area contributed by atoms with Crippen LogP contribution < -0.4 is 15.4 Å². The van der Waals surface area contributed by atoms with Gasteiger partial charge in [-0.15, -0.1) is 0 Å². The molecule has 0 saturated carbocycles. The summed E-state index contributed by atoms with van der Waals surface area (Å²) in [4.78, 5) is 24.4. The van der Waals surface area contributed by atoms with Gasteiger partial charge in [-0.1, -0.05) is 27.5 Å². The van der Waals surface area contributed by atoms with E-state index in [-0.39, 0.29) is 28.9 Å². The first kappa shape index (κ1) is 20.2. The summed E-state index contributed by atoms with van der Waals surface area (Å²) < 4.78 is 19.5. The van der Waals surface area contributed by atoms with Gasteiger partial charge in [-0.25, -0.2) is 4.39 Å². The van der Waals surface area contributed by atoms with Gasteiger partial charge < -0.3 is 15.4 Å². The molecule has 0 saturated heterocycles. The van der Waals surface area contributed by atoms with Gasteiger partial charge in [-0.2, -0.15) is 0 Å². The molecule has 0 bridgehead atoms. The number of nitrogens with one attached hydrogen (secondary N) is 2. The Bertz CT molecular complexity index is 830. The van der Waals surface area contributed by atoms with Gasteiger partial charge in [0, 0.05) is 15.5 Å². The van der Waals surface area contributed by atoms with E-state index in [0.29, 0.717) is 9.50 Å². The number of ether oxygens (including phenoxy) is 1. The highest BCUT2D eigenvalue weighted by atomic mass is 79.9. The minimum absolute atomic E-state index is 0.0489. The molecule has 0 fully saturated rings. The van der Waals surface area contributed by atoms with Crippen molar-refractivity contribution in [2.45, 2.75) is 19.9 Å². The number of anilines is 1. The molecular formula is C18H17BrClFN2O3. The van der Waals surface area contributed by atoms with Crippen LogP contribution in [0, 0.1) is 5.82 Å². The van der Waals surface area contributed by atoms with Crippen LogP contribution in [0.5, 0.6) is 5.75 Å². The SMILES string of the molecule is CC(C)NC(=O)c1ccc(Cl)cc1NC(=O)COc1ccc(Br)cc1F. The molecule has 8 heteroatoms. The minimum Gasteiger partial charge on any atom is -0.481 e. The maximum Gasteiger partial charge on any atom is 0.262 e. The second-order valence-electron chi connectivity index (χ2n) is 5.73. The molecule has 0 spiro atoms. The van der Waals surface area contributed by atoms with E-state index in [2.05, 4.69) is 26.6 Å². The van der Waals surface area contributed by atoms with Crippen molar-refractivity contribution >= 4 is 45.0 Å². The number of hydrogen-bond donors (Lipinski definition) is 2. The van der Waals surface area contributed by atoms with Crippen molar-refractivity contribution in [1.29, 1.82) is 0 Å². The van der Waals surface area contributed by atoms with Crippen molar-refractivity contribution in [1.82, 2.24) is 5.32 Å². The van der Waals surface area contributed by atoms with Crippen molar-refractivity contribution in [3.63, 3.8) is 0 Å². The molecule has 0 unspecified atom stereocenters. The number of hydrogen-bond acceptors (Lipinski definition) is 3. The van der Waals surface area contributed by atoms with Crippen LogP contribution in [-0.4, -0.2) is 24.5 Å². The highest BCUT2D eigenvalue weighted by Gasteiger charge is 2.15. The van der Waals surface area contributed by atoms with Gasteiger partial charge in [0.05, 0.1) is 11.3 Å². The Morgan fingerprint density at radius 2 is 1.96 bits per heavy atom. The first-order valence-corrected chi connectivity index (χ1v) is 8.91. The summed E-state index contributed by atoms with van der Waals surface area (Å²) in [6.45, 7) is 3.23. The molecule has 0 aromatic heterocycles. The maximum atomic E-state index is 13.7. The Hall–Kier alpha value is -2.12.